The molecule has 1 aliphatic carbocycles. The van der Waals surface area contributed by atoms with Crippen LogP contribution >= 0.6 is 24.8 Å². The Morgan fingerprint density at radius 2 is 1.52 bits per heavy atom. The molecule has 1 N–H and O–H groups in total. The van der Waals surface area contributed by atoms with Gasteiger partial charge in [-0.2, -0.15) is 11.1 Å². The molecule has 0 radical (unpaired) electrons. The molecule has 0 saturated heterocycles. The second kappa shape index (κ2) is 21.2. The van der Waals surface area contributed by atoms with Crippen molar-refractivity contribution in [3.63, 3.8) is 0 Å². The molecular formula is C16H37Cl2NOSi2Ti-4. The van der Waals surface area contributed by atoms with Crippen molar-refractivity contribution in [3.8, 4) is 0 Å². The molecule has 0 saturated carbocycles. The first-order valence-corrected chi connectivity index (χ1v) is 14.0. The Bertz CT molecular complexity index is 333. The van der Waals surface area contributed by atoms with Crippen LogP contribution in [0.3, 0.4) is 0 Å². The van der Waals surface area contributed by atoms with Crippen LogP contribution in [0.1, 0.15) is 27.7 Å². The molecule has 1 aliphatic rings. The maximum absolute atomic E-state index is 6.78. The van der Waals surface area contributed by atoms with Gasteiger partial charge in [-0.05, 0) is 19.6 Å². The maximum atomic E-state index is 6.78. The number of rotatable bonds is 3. The van der Waals surface area contributed by atoms with E-state index >= 15 is 0 Å². The zero-order chi connectivity index (χ0) is 15.6. The van der Waals surface area contributed by atoms with E-state index in [1.807, 2.05) is 26.8 Å². The van der Waals surface area contributed by atoms with E-state index in [-0.39, 0.29) is 39.7 Å². The molecule has 7 heteroatoms. The van der Waals surface area contributed by atoms with Crippen LogP contribution in [0.25, 0.3) is 5.73 Å². The zero-order valence-corrected chi connectivity index (χ0v) is 22.0. The van der Waals surface area contributed by atoms with E-state index in [1.54, 1.807) is 0 Å². The van der Waals surface area contributed by atoms with Gasteiger partial charge < -0.3 is 25.0 Å². The number of hydrogen-bond acceptors (Lipinski definition) is 1. The molecule has 1 rings (SSSR count). The van der Waals surface area contributed by atoms with E-state index in [1.165, 1.54) is 16.7 Å². The summed E-state index contributed by atoms with van der Waals surface area (Å²) in [6, 6.07) is 0. The van der Waals surface area contributed by atoms with Crippen molar-refractivity contribution in [2.45, 2.75) is 47.3 Å². The van der Waals surface area contributed by atoms with E-state index in [4.69, 9.17) is 10.2 Å². The molecule has 0 aromatic carbocycles. The Hall–Kier alpha value is 1.13. The Labute approximate surface area is 173 Å². The number of hydrogen-bond donors (Lipinski definition) is 0. The standard InChI is InChI=1S/C9H13.C5H14NOSi.2CH3.2ClH.H2Si.Ti/c1-6-5-7(2)9(4)8(6)3;1-8(2,3)7-5-4-6;;;;;;/h6H,1-4H3;6H,4-5H2,1-3H3;2*1H3;2*1H;1H2;/q4*-1;;;;. The quantitative estimate of drug-likeness (QED) is 0.430. The SMILES string of the molecule is CC1=[C-]C(C)C(C)=C1C.C[Si](C)(C)OCC[NH-].Cl.Cl.[CH3-].[CH3-].[SiH2]=[Ti]. The van der Waals surface area contributed by atoms with Crippen molar-refractivity contribution in [2.75, 3.05) is 13.2 Å². The first kappa shape index (κ1) is 39.3. The fraction of sp³-hybridized carbons (Fsp3) is 0.625. The molecule has 2 nitrogen and oxygen atoms in total. The normalized spacial score (nSPS) is 14.9. The third-order valence-corrected chi connectivity index (χ3v) is 3.94. The van der Waals surface area contributed by atoms with E-state index < -0.39 is 8.32 Å². The predicted molar refractivity (Wildman–Crippen MR) is 114 cm³/mol. The minimum atomic E-state index is -1.30. The van der Waals surface area contributed by atoms with Gasteiger partial charge in [0.05, 0.1) is 0 Å². The molecular weight excluding hydrogens is 397 g/mol. The van der Waals surface area contributed by atoms with Crippen molar-refractivity contribution in [3.05, 3.63) is 43.4 Å². The van der Waals surface area contributed by atoms with Gasteiger partial charge >= 0.3 is 26.8 Å². The van der Waals surface area contributed by atoms with Gasteiger partial charge in [-0.3, -0.25) is 6.08 Å². The molecule has 1 unspecified atom stereocenters. The fourth-order valence-corrected chi connectivity index (χ4v) is 2.23. The molecule has 142 valence electrons. The Morgan fingerprint density at radius 3 is 1.61 bits per heavy atom. The third kappa shape index (κ3) is 21.1. The molecule has 0 fully saturated rings. The summed E-state index contributed by atoms with van der Waals surface area (Å²) in [6.07, 6.45) is 3.36. The summed E-state index contributed by atoms with van der Waals surface area (Å²) in [5, 5.41) is 0. The van der Waals surface area contributed by atoms with E-state index in [0.29, 0.717) is 19.1 Å². The monoisotopic (exact) mass is 433 g/mol. The topological polar surface area (TPSA) is 33.0 Å². The molecule has 0 heterocycles. The van der Waals surface area contributed by atoms with Gasteiger partial charge in [0, 0.05) is 6.61 Å². The number of allylic oxidation sites excluding steroid dienone is 4. The van der Waals surface area contributed by atoms with Crippen molar-refractivity contribution < 1.29 is 23.6 Å². The van der Waals surface area contributed by atoms with E-state index in [9.17, 15) is 0 Å². The second-order valence-corrected chi connectivity index (χ2v) is 10.0. The van der Waals surface area contributed by atoms with E-state index in [2.05, 4.69) is 53.4 Å². The molecule has 0 bridgehead atoms. The minimum absolute atomic E-state index is 0. The van der Waals surface area contributed by atoms with Crippen LogP contribution in [-0.4, -0.2) is 29.1 Å². The average Bonchev–Trinajstić information content (AvgIpc) is 2.56. The first-order valence-electron chi connectivity index (χ1n) is 6.60. The van der Waals surface area contributed by atoms with Crippen LogP contribution in [0, 0.1) is 26.8 Å². The van der Waals surface area contributed by atoms with Crippen LogP contribution in [0.2, 0.25) is 19.6 Å². The van der Waals surface area contributed by atoms with Gasteiger partial charge in [-0.25, -0.2) is 5.57 Å². The summed E-state index contributed by atoms with van der Waals surface area (Å²) in [5.41, 5.74) is 11.0. The molecule has 1 atom stereocenters. The molecule has 23 heavy (non-hydrogen) atoms. The van der Waals surface area contributed by atoms with Crippen LogP contribution in [0.4, 0.5) is 0 Å². The average molecular weight is 434 g/mol. The van der Waals surface area contributed by atoms with Gasteiger partial charge in [0.1, 0.15) is 0 Å². The summed E-state index contributed by atoms with van der Waals surface area (Å²) in [7, 11) is 0.563. The fourth-order valence-electron chi connectivity index (χ4n) is 1.52. The molecule has 0 aromatic heterocycles. The Balaban J connectivity index is -0.0000000492. The second-order valence-electron chi connectivity index (χ2n) is 5.51. The van der Waals surface area contributed by atoms with Crippen LogP contribution < -0.4 is 0 Å². The van der Waals surface area contributed by atoms with Crippen molar-refractivity contribution in [2.24, 2.45) is 5.92 Å². The molecule has 0 aliphatic heterocycles. The number of nitrogens with one attached hydrogen (secondary N) is 1. The van der Waals surface area contributed by atoms with Crippen molar-refractivity contribution in [1.82, 2.24) is 0 Å². The first-order chi connectivity index (χ1) is 8.69. The van der Waals surface area contributed by atoms with Crippen molar-refractivity contribution >= 4 is 40.8 Å². The van der Waals surface area contributed by atoms with E-state index in [0.717, 1.165) is 0 Å². The summed E-state index contributed by atoms with van der Waals surface area (Å²) in [6.45, 7) is 16.1. The summed E-state index contributed by atoms with van der Waals surface area (Å²) in [5.74, 6) is 0.560. The van der Waals surface area contributed by atoms with Gasteiger partial charge in [0.15, 0.2) is 8.32 Å². The predicted octanol–water partition coefficient (Wildman–Crippen LogP) is 5.44. The Morgan fingerprint density at radius 1 is 1.13 bits per heavy atom. The number of halogens is 2. The van der Waals surface area contributed by atoms with Gasteiger partial charge in [-0.15, -0.1) is 38.3 Å². The van der Waals surface area contributed by atoms with Gasteiger partial charge in [-0.1, -0.05) is 26.7 Å². The summed E-state index contributed by atoms with van der Waals surface area (Å²) in [4.78, 5) is 0. The third-order valence-electron chi connectivity index (χ3n) is 2.87. The summed E-state index contributed by atoms with van der Waals surface area (Å²) >= 11 is 2.03. The molecule has 0 spiro atoms. The Kier molecular flexibility index (Phi) is 36.2. The van der Waals surface area contributed by atoms with Gasteiger partial charge in [0.2, 0.25) is 0 Å². The summed E-state index contributed by atoms with van der Waals surface area (Å²) < 4.78 is 5.33. The van der Waals surface area contributed by atoms with Crippen LogP contribution in [0.15, 0.2) is 16.7 Å². The zero-order valence-electron chi connectivity index (χ0n) is 16.4. The van der Waals surface area contributed by atoms with Crippen LogP contribution in [-0.2, 0) is 23.6 Å². The van der Waals surface area contributed by atoms with Crippen molar-refractivity contribution in [1.29, 1.82) is 0 Å². The van der Waals surface area contributed by atoms with Gasteiger partial charge in [0.25, 0.3) is 0 Å². The molecule has 0 amide bonds. The molecule has 0 aromatic rings. The van der Waals surface area contributed by atoms with Crippen LogP contribution in [0.5, 0.6) is 0 Å².